The lowest BCUT2D eigenvalue weighted by Crippen LogP contribution is -2.24. The van der Waals surface area contributed by atoms with E-state index in [1.807, 2.05) is 43.3 Å². The molecular formula is C30H24F3N7. The summed E-state index contributed by atoms with van der Waals surface area (Å²) in [5.41, 5.74) is 7.69. The zero-order chi connectivity index (χ0) is 27.4. The van der Waals surface area contributed by atoms with Crippen LogP contribution in [0.15, 0.2) is 67.1 Å². The summed E-state index contributed by atoms with van der Waals surface area (Å²) >= 11 is 0. The molecule has 1 aliphatic rings. The number of hydrogen-bond acceptors (Lipinski definition) is 5. The molecule has 40 heavy (non-hydrogen) atoms. The maximum absolute atomic E-state index is 14.2. The first-order valence-corrected chi connectivity index (χ1v) is 13.0. The topological polar surface area (TPSA) is 86.4 Å². The molecule has 0 spiro atoms. The Hall–Kier alpha value is -4.57. The second kappa shape index (κ2) is 9.27. The number of nitrogens with zero attached hydrogens (tertiary/aromatic N) is 5. The number of benzene rings is 2. The first-order chi connectivity index (χ1) is 19.3. The molecule has 1 aliphatic heterocycles. The van der Waals surface area contributed by atoms with Gasteiger partial charge in [-0.2, -0.15) is 5.10 Å². The summed E-state index contributed by atoms with van der Waals surface area (Å²) in [5.74, 6) is -2.40. The standard InChI is InChI=1S/C30H24F3N7/c1-17-8-20(11-22(31)9-17)23-4-6-35-28-26(23)36-29(37-28)27-24-12-19(2-3-25(24)38-39-27)21-10-18(13-34-14-21)15-40-7-5-30(32,33)16-40/h2-4,6,8-14H,5,7,15-16H2,1H3,(H,38,39)(H,35,36,37). The van der Waals surface area contributed by atoms with Crippen molar-refractivity contribution in [2.24, 2.45) is 0 Å². The van der Waals surface area contributed by atoms with Crippen LogP contribution in [0.2, 0.25) is 0 Å². The molecular weight excluding hydrogens is 515 g/mol. The quantitative estimate of drug-likeness (QED) is 0.261. The Balaban J connectivity index is 1.25. The Bertz CT molecular complexity index is 1870. The van der Waals surface area contributed by atoms with Crippen LogP contribution < -0.4 is 0 Å². The molecule has 1 saturated heterocycles. The van der Waals surface area contributed by atoms with Crippen LogP contribution in [0.4, 0.5) is 13.2 Å². The lowest BCUT2D eigenvalue weighted by atomic mass is 10.0. The van der Waals surface area contributed by atoms with E-state index in [0.29, 0.717) is 35.8 Å². The van der Waals surface area contributed by atoms with E-state index in [9.17, 15) is 13.2 Å². The third-order valence-electron chi connectivity index (χ3n) is 7.32. The number of hydrogen-bond donors (Lipinski definition) is 2. The normalized spacial score (nSPS) is 15.4. The number of pyridine rings is 2. The molecule has 0 atom stereocenters. The molecule has 2 aromatic carbocycles. The molecule has 6 aromatic rings. The Morgan fingerprint density at radius 2 is 1.90 bits per heavy atom. The minimum absolute atomic E-state index is 0.110. The number of alkyl halides is 2. The molecule has 0 radical (unpaired) electrons. The molecule has 0 amide bonds. The van der Waals surface area contributed by atoms with E-state index in [-0.39, 0.29) is 18.8 Å². The minimum atomic E-state index is -2.63. The molecule has 4 aromatic heterocycles. The zero-order valence-electron chi connectivity index (χ0n) is 21.5. The second-order valence-corrected chi connectivity index (χ2v) is 10.4. The number of aryl methyl sites for hydroxylation is 1. The Morgan fingerprint density at radius 3 is 2.73 bits per heavy atom. The fourth-order valence-electron chi connectivity index (χ4n) is 5.46. The number of likely N-dealkylation sites (tertiary alicyclic amines) is 1. The van der Waals surface area contributed by atoms with Crippen molar-refractivity contribution in [1.82, 2.24) is 35.0 Å². The zero-order valence-corrected chi connectivity index (χ0v) is 21.5. The fourth-order valence-corrected chi connectivity index (χ4v) is 5.46. The third kappa shape index (κ3) is 4.50. The number of fused-ring (bicyclic) bond motifs is 2. The molecule has 1 fully saturated rings. The number of H-pyrrole nitrogens is 2. The number of nitrogens with one attached hydrogen (secondary N) is 2. The lowest BCUT2D eigenvalue weighted by Gasteiger charge is -2.15. The van der Waals surface area contributed by atoms with Gasteiger partial charge in [0, 0.05) is 54.6 Å². The summed E-state index contributed by atoms with van der Waals surface area (Å²) in [6, 6.07) is 14.7. The van der Waals surface area contributed by atoms with E-state index in [4.69, 9.17) is 4.98 Å². The van der Waals surface area contributed by atoms with Gasteiger partial charge in [-0.1, -0.05) is 12.1 Å². The highest BCUT2D eigenvalue weighted by Gasteiger charge is 2.37. The molecule has 0 aliphatic carbocycles. The van der Waals surface area contributed by atoms with Gasteiger partial charge in [0.05, 0.1) is 17.6 Å². The fraction of sp³-hybridized carbons (Fsp3) is 0.200. The van der Waals surface area contributed by atoms with Crippen LogP contribution in [0, 0.1) is 12.7 Å². The minimum Gasteiger partial charge on any atom is -0.335 e. The molecule has 7 nitrogen and oxygen atoms in total. The van der Waals surface area contributed by atoms with E-state index in [1.165, 1.54) is 12.1 Å². The van der Waals surface area contributed by atoms with Crippen molar-refractivity contribution < 1.29 is 13.2 Å². The molecule has 2 N–H and O–H groups in total. The van der Waals surface area contributed by atoms with Crippen LogP contribution in [-0.4, -0.2) is 54.0 Å². The predicted molar refractivity (Wildman–Crippen MR) is 147 cm³/mol. The number of imidazole rings is 1. The smallest absolute Gasteiger partial charge is 0.261 e. The van der Waals surface area contributed by atoms with Gasteiger partial charge in [-0.3, -0.25) is 15.0 Å². The van der Waals surface area contributed by atoms with Gasteiger partial charge in [-0.05, 0) is 65.6 Å². The van der Waals surface area contributed by atoms with Crippen LogP contribution in [0.3, 0.4) is 0 Å². The van der Waals surface area contributed by atoms with Gasteiger partial charge >= 0.3 is 0 Å². The van der Waals surface area contributed by atoms with Crippen molar-refractivity contribution in [1.29, 1.82) is 0 Å². The van der Waals surface area contributed by atoms with E-state index in [1.54, 1.807) is 23.5 Å². The highest BCUT2D eigenvalue weighted by atomic mass is 19.3. The van der Waals surface area contributed by atoms with Crippen LogP contribution >= 0.6 is 0 Å². The SMILES string of the molecule is Cc1cc(F)cc(-c2ccnc3nc(-c4n[nH]c5ccc(-c6cncc(CN7CCC(F)(F)C7)c6)cc45)[nH]c23)c1. The van der Waals surface area contributed by atoms with Crippen LogP contribution in [0.5, 0.6) is 0 Å². The molecule has 0 saturated carbocycles. The van der Waals surface area contributed by atoms with Crippen molar-refractivity contribution in [2.45, 2.75) is 25.8 Å². The number of rotatable bonds is 5. The highest BCUT2D eigenvalue weighted by molar-refractivity contribution is 5.97. The molecule has 7 rings (SSSR count). The average molecular weight is 540 g/mol. The van der Waals surface area contributed by atoms with Crippen LogP contribution in [-0.2, 0) is 6.54 Å². The average Bonchev–Trinajstić information content (AvgIpc) is 3.63. The monoisotopic (exact) mass is 539 g/mol. The number of aromatic amines is 2. The van der Waals surface area contributed by atoms with Crippen molar-refractivity contribution in [3.63, 3.8) is 0 Å². The maximum Gasteiger partial charge on any atom is 0.261 e. The van der Waals surface area contributed by atoms with Crippen molar-refractivity contribution in [2.75, 3.05) is 13.1 Å². The first-order valence-electron chi connectivity index (χ1n) is 13.0. The lowest BCUT2D eigenvalue weighted by molar-refractivity contribution is 0.0115. The summed E-state index contributed by atoms with van der Waals surface area (Å²) < 4.78 is 41.5. The maximum atomic E-state index is 14.2. The molecule has 5 heterocycles. The van der Waals surface area contributed by atoms with Gasteiger partial charge < -0.3 is 4.98 Å². The summed E-state index contributed by atoms with van der Waals surface area (Å²) in [7, 11) is 0. The van der Waals surface area contributed by atoms with Crippen molar-refractivity contribution in [3.05, 3.63) is 84.1 Å². The van der Waals surface area contributed by atoms with Gasteiger partial charge in [0.25, 0.3) is 5.92 Å². The summed E-state index contributed by atoms with van der Waals surface area (Å²) in [5, 5.41) is 8.44. The van der Waals surface area contributed by atoms with E-state index < -0.39 is 5.92 Å². The second-order valence-electron chi connectivity index (χ2n) is 10.4. The van der Waals surface area contributed by atoms with Gasteiger partial charge in [0.1, 0.15) is 11.5 Å². The van der Waals surface area contributed by atoms with E-state index >= 15 is 0 Å². The Morgan fingerprint density at radius 1 is 1.00 bits per heavy atom. The third-order valence-corrected chi connectivity index (χ3v) is 7.32. The van der Waals surface area contributed by atoms with E-state index in [2.05, 4.69) is 25.1 Å². The Kier molecular flexibility index (Phi) is 5.67. The van der Waals surface area contributed by atoms with Gasteiger partial charge in [-0.15, -0.1) is 0 Å². The first kappa shape index (κ1) is 24.5. The number of aromatic nitrogens is 6. The summed E-state index contributed by atoms with van der Waals surface area (Å²) in [6.45, 7) is 2.42. The summed E-state index contributed by atoms with van der Waals surface area (Å²) in [4.78, 5) is 18.6. The highest BCUT2D eigenvalue weighted by Crippen LogP contribution is 2.33. The molecule has 0 unspecified atom stereocenters. The predicted octanol–water partition coefficient (Wildman–Crippen LogP) is 6.52. The van der Waals surface area contributed by atoms with Gasteiger partial charge in [-0.25, -0.2) is 23.1 Å². The van der Waals surface area contributed by atoms with Crippen LogP contribution in [0.1, 0.15) is 17.5 Å². The van der Waals surface area contributed by atoms with Crippen LogP contribution in [0.25, 0.3) is 55.8 Å². The van der Waals surface area contributed by atoms with Gasteiger partial charge in [0.15, 0.2) is 11.5 Å². The summed E-state index contributed by atoms with van der Waals surface area (Å²) in [6.07, 6.45) is 5.04. The largest absolute Gasteiger partial charge is 0.335 e. The van der Waals surface area contributed by atoms with Crippen molar-refractivity contribution in [3.8, 4) is 33.8 Å². The Labute approximate surface area is 227 Å². The van der Waals surface area contributed by atoms with Crippen molar-refractivity contribution >= 4 is 22.1 Å². The molecule has 0 bridgehead atoms. The molecule has 200 valence electrons. The van der Waals surface area contributed by atoms with Gasteiger partial charge in [0.2, 0.25) is 0 Å². The number of halogens is 3. The van der Waals surface area contributed by atoms with E-state index in [0.717, 1.165) is 44.3 Å². The molecule has 10 heteroatoms.